The quantitative estimate of drug-likeness (QED) is 0.645. The molecule has 2 aliphatic rings. The predicted octanol–water partition coefficient (Wildman–Crippen LogP) is -0.300. The van der Waals surface area contributed by atoms with Gasteiger partial charge in [0.15, 0.2) is 0 Å². The molecule has 3 atom stereocenters. The highest BCUT2D eigenvalue weighted by molar-refractivity contribution is 5.82. The van der Waals surface area contributed by atoms with Crippen LogP contribution in [-0.4, -0.2) is 60.3 Å². The van der Waals surface area contributed by atoms with Gasteiger partial charge in [-0.2, -0.15) is 0 Å². The first-order valence-corrected chi connectivity index (χ1v) is 7.10. The molecule has 0 bridgehead atoms. The zero-order valence-electron chi connectivity index (χ0n) is 11.2. The highest BCUT2D eigenvalue weighted by Crippen LogP contribution is 2.15. The molecule has 0 aromatic rings. The molecule has 2 heterocycles. The lowest BCUT2D eigenvalue weighted by molar-refractivity contribution is -0.123. The molecule has 0 aromatic carbocycles. The molecule has 2 fully saturated rings. The van der Waals surface area contributed by atoms with Crippen LogP contribution < -0.4 is 10.6 Å². The van der Waals surface area contributed by atoms with Crippen LogP contribution in [0.1, 0.15) is 32.6 Å². The maximum Gasteiger partial charge on any atom is 0.237 e. The Morgan fingerprint density at radius 1 is 1.50 bits per heavy atom. The van der Waals surface area contributed by atoms with E-state index < -0.39 is 0 Å². The van der Waals surface area contributed by atoms with Crippen molar-refractivity contribution >= 4 is 5.91 Å². The van der Waals surface area contributed by atoms with Crippen LogP contribution in [0.2, 0.25) is 0 Å². The smallest absolute Gasteiger partial charge is 0.237 e. The number of amides is 1. The van der Waals surface area contributed by atoms with Crippen molar-refractivity contribution in [3.8, 4) is 0 Å². The van der Waals surface area contributed by atoms with Gasteiger partial charge in [-0.25, -0.2) is 0 Å². The second-order valence-corrected chi connectivity index (χ2v) is 5.52. The van der Waals surface area contributed by atoms with E-state index in [1.807, 2.05) is 0 Å². The lowest BCUT2D eigenvalue weighted by atomic mass is 10.0. The van der Waals surface area contributed by atoms with Gasteiger partial charge in [0, 0.05) is 25.7 Å². The summed E-state index contributed by atoms with van der Waals surface area (Å²) in [5.41, 5.74) is 0. The summed E-state index contributed by atoms with van der Waals surface area (Å²) in [6.07, 6.45) is 4.03. The second-order valence-electron chi connectivity index (χ2n) is 5.52. The average Bonchev–Trinajstić information content (AvgIpc) is 2.78. The van der Waals surface area contributed by atoms with Crippen molar-refractivity contribution in [2.24, 2.45) is 0 Å². The van der Waals surface area contributed by atoms with Crippen LogP contribution >= 0.6 is 0 Å². The number of aliphatic hydroxyl groups is 1. The van der Waals surface area contributed by atoms with Crippen LogP contribution in [0.4, 0.5) is 0 Å². The standard InChI is InChI=1S/C13H25N3O2/c1-10-4-2-3-6-16(10)7-5-14-13(18)12-8-11(17)9-15-12/h10-12,15,17H,2-9H2,1H3,(H,14,18). The summed E-state index contributed by atoms with van der Waals surface area (Å²) in [5.74, 6) is 0.0243. The van der Waals surface area contributed by atoms with E-state index in [1.165, 1.54) is 19.3 Å². The molecule has 1 amide bonds. The molecule has 3 unspecified atom stereocenters. The van der Waals surface area contributed by atoms with Crippen LogP contribution in [0.25, 0.3) is 0 Å². The van der Waals surface area contributed by atoms with Gasteiger partial charge in [-0.1, -0.05) is 6.42 Å². The SMILES string of the molecule is CC1CCCCN1CCNC(=O)C1CC(O)CN1. The molecule has 104 valence electrons. The molecule has 0 aromatic heterocycles. The van der Waals surface area contributed by atoms with Gasteiger partial charge in [-0.3, -0.25) is 9.69 Å². The maximum absolute atomic E-state index is 11.8. The average molecular weight is 255 g/mol. The summed E-state index contributed by atoms with van der Waals surface area (Å²) in [5, 5.41) is 15.3. The predicted molar refractivity (Wildman–Crippen MR) is 70.3 cm³/mol. The van der Waals surface area contributed by atoms with Crippen LogP contribution in [0, 0.1) is 0 Å². The summed E-state index contributed by atoms with van der Waals surface area (Å²) < 4.78 is 0. The van der Waals surface area contributed by atoms with E-state index in [1.54, 1.807) is 0 Å². The van der Waals surface area contributed by atoms with E-state index in [9.17, 15) is 9.90 Å². The summed E-state index contributed by atoms with van der Waals surface area (Å²) in [7, 11) is 0. The molecule has 0 aliphatic carbocycles. The Bertz CT molecular complexity index is 285. The number of aliphatic hydroxyl groups excluding tert-OH is 1. The summed E-state index contributed by atoms with van der Waals surface area (Å²) >= 11 is 0. The number of nitrogens with one attached hydrogen (secondary N) is 2. The Morgan fingerprint density at radius 2 is 2.33 bits per heavy atom. The van der Waals surface area contributed by atoms with Crippen LogP contribution in [-0.2, 0) is 4.79 Å². The Balaban J connectivity index is 1.64. The first-order valence-electron chi connectivity index (χ1n) is 7.10. The molecule has 0 spiro atoms. The third-order valence-corrected chi connectivity index (χ3v) is 4.06. The summed E-state index contributed by atoms with van der Waals surface area (Å²) in [6, 6.07) is 0.431. The van der Waals surface area contributed by atoms with E-state index in [0.717, 1.165) is 13.1 Å². The van der Waals surface area contributed by atoms with Crippen molar-refractivity contribution in [1.82, 2.24) is 15.5 Å². The van der Waals surface area contributed by atoms with E-state index in [2.05, 4.69) is 22.5 Å². The van der Waals surface area contributed by atoms with Crippen molar-refractivity contribution in [1.29, 1.82) is 0 Å². The normalized spacial score (nSPS) is 33.6. The van der Waals surface area contributed by atoms with Gasteiger partial charge < -0.3 is 15.7 Å². The van der Waals surface area contributed by atoms with E-state index >= 15 is 0 Å². The Labute approximate surface area is 109 Å². The van der Waals surface area contributed by atoms with Gasteiger partial charge in [-0.05, 0) is 32.7 Å². The molecular weight excluding hydrogens is 230 g/mol. The monoisotopic (exact) mass is 255 g/mol. The number of carbonyl (C=O) groups is 1. The molecule has 0 radical (unpaired) electrons. The van der Waals surface area contributed by atoms with Gasteiger partial charge >= 0.3 is 0 Å². The Hall–Kier alpha value is -0.650. The minimum atomic E-state index is -0.372. The van der Waals surface area contributed by atoms with E-state index in [0.29, 0.717) is 25.6 Å². The largest absolute Gasteiger partial charge is 0.392 e. The van der Waals surface area contributed by atoms with Crippen molar-refractivity contribution in [2.75, 3.05) is 26.2 Å². The third kappa shape index (κ3) is 3.67. The van der Waals surface area contributed by atoms with Crippen LogP contribution in [0.3, 0.4) is 0 Å². The van der Waals surface area contributed by atoms with Gasteiger partial charge in [-0.15, -0.1) is 0 Å². The third-order valence-electron chi connectivity index (χ3n) is 4.06. The summed E-state index contributed by atoms with van der Waals surface area (Å²) in [6.45, 7) is 5.58. The number of likely N-dealkylation sites (tertiary alicyclic amines) is 1. The molecule has 3 N–H and O–H groups in total. The molecule has 2 saturated heterocycles. The molecule has 0 saturated carbocycles. The lowest BCUT2D eigenvalue weighted by Gasteiger charge is -2.33. The van der Waals surface area contributed by atoms with E-state index in [4.69, 9.17) is 0 Å². The highest BCUT2D eigenvalue weighted by atomic mass is 16.3. The first-order chi connectivity index (χ1) is 8.66. The zero-order chi connectivity index (χ0) is 13.0. The van der Waals surface area contributed by atoms with Crippen molar-refractivity contribution in [3.05, 3.63) is 0 Å². The number of rotatable bonds is 4. The number of hydrogen-bond donors (Lipinski definition) is 3. The summed E-state index contributed by atoms with van der Waals surface area (Å²) in [4.78, 5) is 14.3. The first kappa shape index (κ1) is 13.8. The molecule has 5 heteroatoms. The van der Waals surface area contributed by atoms with Gasteiger partial charge in [0.05, 0.1) is 12.1 Å². The lowest BCUT2D eigenvalue weighted by Crippen LogP contribution is -2.46. The van der Waals surface area contributed by atoms with Crippen LogP contribution in [0.15, 0.2) is 0 Å². The van der Waals surface area contributed by atoms with Gasteiger partial charge in [0.2, 0.25) is 5.91 Å². The fraction of sp³-hybridized carbons (Fsp3) is 0.923. The van der Waals surface area contributed by atoms with E-state index in [-0.39, 0.29) is 18.1 Å². The number of hydrogen-bond acceptors (Lipinski definition) is 4. The Morgan fingerprint density at radius 3 is 3.00 bits per heavy atom. The molecular formula is C13H25N3O2. The molecule has 18 heavy (non-hydrogen) atoms. The molecule has 5 nitrogen and oxygen atoms in total. The number of nitrogens with zero attached hydrogens (tertiary/aromatic N) is 1. The fourth-order valence-electron chi connectivity index (χ4n) is 2.85. The van der Waals surface area contributed by atoms with Crippen molar-refractivity contribution in [3.63, 3.8) is 0 Å². The number of piperidine rings is 1. The van der Waals surface area contributed by atoms with Crippen molar-refractivity contribution < 1.29 is 9.90 Å². The molecule has 2 rings (SSSR count). The van der Waals surface area contributed by atoms with Gasteiger partial charge in [0.1, 0.15) is 0 Å². The van der Waals surface area contributed by atoms with Crippen molar-refractivity contribution in [2.45, 2.75) is 50.8 Å². The molecule has 2 aliphatic heterocycles. The second kappa shape index (κ2) is 6.50. The van der Waals surface area contributed by atoms with Crippen LogP contribution in [0.5, 0.6) is 0 Å². The number of β-amino-alcohol motifs (C(OH)–C–C–N with tert-alkyl or cyclic N) is 1. The minimum Gasteiger partial charge on any atom is -0.392 e. The van der Waals surface area contributed by atoms with Gasteiger partial charge in [0.25, 0.3) is 0 Å². The maximum atomic E-state index is 11.8. The minimum absolute atomic E-state index is 0.0243. The fourth-order valence-corrected chi connectivity index (χ4v) is 2.85. The topological polar surface area (TPSA) is 64.6 Å². The highest BCUT2D eigenvalue weighted by Gasteiger charge is 2.27. The number of carbonyl (C=O) groups excluding carboxylic acids is 1. The Kier molecular flexibility index (Phi) is 4.97. The zero-order valence-corrected chi connectivity index (χ0v) is 11.2.